The Balaban J connectivity index is 1.73. The van der Waals surface area contributed by atoms with Crippen molar-refractivity contribution in [1.29, 1.82) is 0 Å². The molecule has 144 valence electrons. The van der Waals surface area contributed by atoms with Crippen molar-refractivity contribution >= 4 is 0 Å². The summed E-state index contributed by atoms with van der Waals surface area (Å²) in [4.78, 5) is 0. The minimum atomic E-state index is -0.927. The second-order valence-corrected chi connectivity index (χ2v) is 6.95. The maximum absolute atomic E-state index is 14.5. The SMILES string of the molecule is C=CC1CCC(c2ccc(-c3ccc(OCCCC)c(F)c3F)cc2)CO1. The average Bonchev–Trinajstić information content (AvgIpc) is 2.72. The van der Waals surface area contributed by atoms with Crippen LogP contribution in [-0.2, 0) is 4.74 Å². The van der Waals surface area contributed by atoms with Crippen molar-refractivity contribution < 1.29 is 18.3 Å². The van der Waals surface area contributed by atoms with Gasteiger partial charge in [0.05, 0.1) is 19.3 Å². The van der Waals surface area contributed by atoms with Crippen LogP contribution in [0.5, 0.6) is 5.75 Å². The summed E-state index contributed by atoms with van der Waals surface area (Å²) in [6.07, 6.45) is 5.71. The van der Waals surface area contributed by atoms with Crippen molar-refractivity contribution in [2.75, 3.05) is 13.2 Å². The fourth-order valence-electron chi connectivity index (χ4n) is 3.35. The van der Waals surface area contributed by atoms with E-state index < -0.39 is 11.6 Å². The number of halogens is 2. The maximum Gasteiger partial charge on any atom is 0.201 e. The van der Waals surface area contributed by atoms with E-state index in [1.807, 2.05) is 37.3 Å². The Kier molecular flexibility index (Phi) is 6.62. The van der Waals surface area contributed by atoms with Crippen LogP contribution >= 0.6 is 0 Å². The Labute approximate surface area is 159 Å². The van der Waals surface area contributed by atoms with Gasteiger partial charge >= 0.3 is 0 Å². The first kappa shape index (κ1) is 19.6. The van der Waals surface area contributed by atoms with Crippen LogP contribution in [0.2, 0.25) is 0 Å². The third kappa shape index (κ3) is 4.56. The molecule has 1 aliphatic heterocycles. The zero-order valence-corrected chi connectivity index (χ0v) is 15.7. The van der Waals surface area contributed by atoms with Crippen LogP contribution in [-0.4, -0.2) is 19.3 Å². The van der Waals surface area contributed by atoms with Gasteiger partial charge in [0, 0.05) is 11.5 Å². The molecule has 2 unspecified atom stereocenters. The highest BCUT2D eigenvalue weighted by Crippen LogP contribution is 2.33. The molecule has 27 heavy (non-hydrogen) atoms. The van der Waals surface area contributed by atoms with E-state index in [9.17, 15) is 8.78 Å². The average molecular weight is 372 g/mol. The number of unbranched alkanes of at least 4 members (excludes halogenated alkanes) is 1. The molecule has 1 saturated heterocycles. The molecule has 0 aliphatic carbocycles. The Morgan fingerprint density at radius 1 is 1.11 bits per heavy atom. The summed E-state index contributed by atoms with van der Waals surface area (Å²) in [5.74, 6) is -1.50. The largest absolute Gasteiger partial charge is 0.490 e. The first-order valence-corrected chi connectivity index (χ1v) is 9.59. The number of benzene rings is 2. The third-order valence-electron chi connectivity index (χ3n) is 5.07. The summed E-state index contributed by atoms with van der Waals surface area (Å²) >= 11 is 0. The molecule has 0 N–H and O–H groups in total. The Morgan fingerprint density at radius 3 is 2.52 bits per heavy atom. The number of hydrogen-bond acceptors (Lipinski definition) is 2. The molecule has 2 aromatic rings. The number of ether oxygens (including phenoxy) is 2. The fourth-order valence-corrected chi connectivity index (χ4v) is 3.35. The van der Waals surface area contributed by atoms with Gasteiger partial charge in [0.1, 0.15) is 0 Å². The molecule has 2 atom stereocenters. The normalized spacial score (nSPS) is 19.7. The minimum absolute atomic E-state index is 0.0301. The summed E-state index contributed by atoms with van der Waals surface area (Å²) in [5, 5.41) is 0. The first-order valence-electron chi connectivity index (χ1n) is 9.59. The molecule has 0 bridgehead atoms. The molecule has 2 aromatic carbocycles. The van der Waals surface area contributed by atoms with E-state index in [1.165, 1.54) is 6.07 Å². The smallest absolute Gasteiger partial charge is 0.201 e. The highest BCUT2D eigenvalue weighted by molar-refractivity contribution is 5.65. The van der Waals surface area contributed by atoms with Crippen molar-refractivity contribution in [2.45, 2.75) is 44.6 Å². The molecular formula is C23H26F2O2. The van der Waals surface area contributed by atoms with Gasteiger partial charge in [0.15, 0.2) is 11.6 Å². The van der Waals surface area contributed by atoms with Gasteiger partial charge in [-0.2, -0.15) is 4.39 Å². The summed E-state index contributed by atoms with van der Waals surface area (Å²) in [6.45, 7) is 6.83. The standard InChI is InChI=1S/C23H26F2O2/c1-3-5-14-26-21-13-12-20(22(24)23(21)25)17-8-6-16(7-9-17)18-10-11-19(4-2)27-15-18/h4,6-9,12-13,18-19H,2-3,5,10-11,14-15H2,1H3. The second-order valence-electron chi connectivity index (χ2n) is 6.95. The molecule has 0 amide bonds. The van der Waals surface area contributed by atoms with Crippen molar-refractivity contribution in [1.82, 2.24) is 0 Å². The van der Waals surface area contributed by atoms with Gasteiger partial charge in [-0.1, -0.05) is 43.7 Å². The summed E-state index contributed by atoms with van der Waals surface area (Å²) in [5.41, 5.74) is 2.05. The van der Waals surface area contributed by atoms with Crippen molar-refractivity contribution in [3.8, 4) is 16.9 Å². The van der Waals surface area contributed by atoms with E-state index in [4.69, 9.17) is 9.47 Å². The highest BCUT2D eigenvalue weighted by Gasteiger charge is 2.21. The predicted molar refractivity (Wildman–Crippen MR) is 104 cm³/mol. The van der Waals surface area contributed by atoms with Crippen LogP contribution < -0.4 is 4.74 Å². The van der Waals surface area contributed by atoms with Gasteiger partial charge in [-0.3, -0.25) is 0 Å². The molecule has 1 fully saturated rings. The van der Waals surface area contributed by atoms with Crippen LogP contribution in [0.3, 0.4) is 0 Å². The fraction of sp³-hybridized carbons (Fsp3) is 0.391. The van der Waals surface area contributed by atoms with E-state index in [1.54, 1.807) is 6.07 Å². The molecule has 0 saturated carbocycles. The first-order chi connectivity index (χ1) is 13.1. The monoisotopic (exact) mass is 372 g/mol. The molecular weight excluding hydrogens is 346 g/mol. The lowest BCUT2D eigenvalue weighted by Crippen LogP contribution is -2.22. The number of hydrogen-bond donors (Lipinski definition) is 0. The third-order valence-corrected chi connectivity index (χ3v) is 5.07. The van der Waals surface area contributed by atoms with Crippen LogP contribution in [0, 0.1) is 11.6 Å². The van der Waals surface area contributed by atoms with E-state index in [-0.39, 0.29) is 17.4 Å². The Morgan fingerprint density at radius 2 is 1.89 bits per heavy atom. The van der Waals surface area contributed by atoms with Gasteiger partial charge in [-0.15, -0.1) is 6.58 Å². The lowest BCUT2D eigenvalue weighted by molar-refractivity contribution is 0.0329. The van der Waals surface area contributed by atoms with E-state index in [0.717, 1.165) is 31.2 Å². The van der Waals surface area contributed by atoms with Crippen LogP contribution in [0.1, 0.15) is 44.1 Å². The van der Waals surface area contributed by atoms with Gasteiger partial charge in [0.2, 0.25) is 5.82 Å². The van der Waals surface area contributed by atoms with Gasteiger partial charge in [0.25, 0.3) is 0 Å². The van der Waals surface area contributed by atoms with E-state index >= 15 is 0 Å². The number of rotatable bonds is 7. The van der Waals surface area contributed by atoms with Crippen molar-refractivity contribution in [3.05, 3.63) is 66.3 Å². The molecule has 2 nitrogen and oxygen atoms in total. The summed E-state index contributed by atoms with van der Waals surface area (Å²) in [7, 11) is 0. The van der Waals surface area contributed by atoms with Crippen molar-refractivity contribution in [2.24, 2.45) is 0 Å². The topological polar surface area (TPSA) is 18.5 Å². The Bertz CT molecular complexity index is 763. The second kappa shape index (κ2) is 9.14. The molecule has 0 radical (unpaired) electrons. The Hall–Kier alpha value is -2.20. The molecule has 4 heteroatoms. The minimum Gasteiger partial charge on any atom is -0.490 e. The molecule has 0 aromatic heterocycles. The van der Waals surface area contributed by atoms with E-state index in [2.05, 4.69) is 6.58 Å². The van der Waals surface area contributed by atoms with Gasteiger partial charge in [-0.05, 0) is 42.5 Å². The quantitative estimate of drug-likeness (QED) is 0.422. The molecule has 3 rings (SSSR count). The molecule has 1 heterocycles. The van der Waals surface area contributed by atoms with Crippen LogP contribution in [0.4, 0.5) is 8.78 Å². The summed E-state index contributed by atoms with van der Waals surface area (Å²) in [6, 6.07) is 10.7. The zero-order valence-electron chi connectivity index (χ0n) is 15.7. The van der Waals surface area contributed by atoms with E-state index in [0.29, 0.717) is 24.7 Å². The maximum atomic E-state index is 14.5. The highest BCUT2D eigenvalue weighted by atomic mass is 19.2. The predicted octanol–water partition coefficient (Wildman–Crippen LogP) is 6.26. The van der Waals surface area contributed by atoms with Gasteiger partial charge in [-0.25, -0.2) is 4.39 Å². The zero-order chi connectivity index (χ0) is 19.2. The lowest BCUT2D eigenvalue weighted by atomic mass is 9.90. The molecule has 1 aliphatic rings. The summed E-state index contributed by atoms with van der Waals surface area (Å²) < 4.78 is 39.9. The van der Waals surface area contributed by atoms with Crippen LogP contribution in [0.25, 0.3) is 11.1 Å². The van der Waals surface area contributed by atoms with Crippen molar-refractivity contribution in [3.63, 3.8) is 0 Å². The van der Waals surface area contributed by atoms with Crippen LogP contribution in [0.15, 0.2) is 49.1 Å². The van der Waals surface area contributed by atoms with Gasteiger partial charge < -0.3 is 9.47 Å². The lowest BCUT2D eigenvalue weighted by Gasteiger charge is -2.27. The molecule has 0 spiro atoms.